The first-order chi connectivity index (χ1) is 17.5. The number of piperazine rings is 1. The molecule has 2 aliphatic heterocycles. The molecule has 0 radical (unpaired) electrons. The van der Waals surface area contributed by atoms with Gasteiger partial charge in [0.15, 0.2) is 0 Å². The standard InChI is InChI=1S/C28H25N3O5/c1-36-22-9-5-8-21(17-22)26(33)30-14-12-29(13-15-30)25(32)20-7-4-6-19(16-20)18-31-27(34)23-10-2-3-11-24(23)28(31)35/h2-11,16-17H,12-15,18H2,1H3. The van der Waals surface area contributed by atoms with E-state index in [4.69, 9.17) is 4.74 Å². The Kier molecular flexibility index (Phi) is 6.25. The van der Waals surface area contributed by atoms with Gasteiger partial charge < -0.3 is 14.5 Å². The number of benzene rings is 3. The Morgan fingerprint density at radius 2 is 1.25 bits per heavy atom. The third-order valence-electron chi connectivity index (χ3n) is 6.56. The maximum atomic E-state index is 13.2. The Morgan fingerprint density at radius 3 is 1.81 bits per heavy atom. The molecule has 0 aliphatic carbocycles. The fraction of sp³-hybridized carbons (Fsp3) is 0.214. The number of ether oxygens (including phenoxy) is 1. The van der Waals surface area contributed by atoms with Gasteiger partial charge in [-0.15, -0.1) is 0 Å². The fourth-order valence-corrected chi connectivity index (χ4v) is 4.60. The summed E-state index contributed by atoms with van der Waals surface area (Å²) in [5.41, 5.74) is 2.53. The van der Waals surface area contributed by atoms with Gasteiger partial charge in [-0.05, 0) is 48.0 Å². The van der Waals surface area contributed by atoms with Gasteiger partial charge in [0.25, 0.3) is 23.6 Å². The Bertz CT molecular complexity index is 1330. The summed E-state index contributed by atoms with van der Waals surface area (Å²) in [6.07, 6.45) is 0. The monoisotopic (exact) mass is 483 g/mol. The third-order valence-corrected chi connectivity index (χ3v) is 6.56. The molecule has 1 saturated heterocycles. The summed E-state index contributed by atoms with van der Waals surface area (Å²) in [5.74, 6) is -0.277. The highest BCUT2D eigenvalue weighted by atomic mass is 16.5. The number of imide groups is 1. The number of carbonyl (C=O) groups excluding carboxylic acids is 4. The largest absolute Gasteiger partial charge is 0.497 e. The molecule has 5 rings (SSSR count). The van der Waals surface area contributed by atoms with Crippen LogP contribution in [0.25, 0.3) is 0 Å². The zero-order valence-electron chi connectivity index (χ0n) is 19.8. The van der Waals surface area contributed by atoms with Gasteiger partial charge in [0.2, 0.25) is 0 Å². The number of fused-ring (bicyclic) bond motifs is 1. The van der Waals surface area contributed by atoms with Crippen molar-refractivity contribution >= 4 is 23.6 Å². The Balaban J connectivity index is 1.23. The number of rotatable bonds is 5. The smallest absolute Gasteiger partial charge is 0.261 e. The van der Waals surface area contributed by atoms with E-state index in [2.05, 4.69) is 0 Å². The van der Waals surface area contributed by atoms with E-state index in [9.17, 15) is 19.2 Å². The zero-order chi connectivity index (χ0) is 25.2. The molecule has 0 spiro atoms. The normalized spacial score (nSPS) is 15.2. The van der Waals surface area contributed by atoms with Crippen LogP contribution in [0.15, 0.2) is 72.8 Å². The van der Waals surface area contributed by atoms with Crippen molar-refractivity contribution < 1.29 is 23.9 Å². The second-order valence-corrected chi connectivity index (χ2v) is 8.76. The van der Waals surface area contributed by atoms with Gasteiger partial charge in [-0.2, -0.15) is 0 Å². The lowest BCUT2D eigenvalue weighted by atomic mass is 10.1. The summed E-state index contributed by atoms with van der Waals surface area (Å²) in [6.45, 7) is 1.78. The molecule has 0 atom stereocenters. The molecule has 4 amide bonds. The zero-order valence-corrected chi connectivity index (χ0v) is 19.8. The number of nitrogens with zero attached hydrogens (tertiary/aromatic N) is 3. The highest BCUT2D eigenvalue weighted by molar-refractivity contribution is 6.21. The van der Waals surface area contributed by atoms with Crippen LogP contribution in [0.5, 0.6) is 5.75 Å². The summed E-state index contributed by atoms with van der Waals surface area (Å²) in [6, 6.07) is 20.8. The van der Waals surface area contributed by atoms with Gasteiger partial charge in [0.05, 0.1) is 24.8 Å². The Labute approximate surface area is 208 Å². The van der Waals surface area contributed by atoms with Crippen molar-refractivity contribution in [3.05, 3.63) is 101 Å². The van der Waals surface area contributed by atoms with Crippen LogP contribution in [-0.4, -0.2) is 71.6 Å². The number of carbonyl (C=O) groups is 4. The van der Waals surface area contributed by atoms with Gasteiger partial charge in [-0.3, -0.25) is 24.1 Å². The van der Waals surface area contributed by atoms with Crippen molar-refractivity contribution in [1.82, 2.24) is 14.7 Å². The van der Waals surface area contributed by atoms with Crippen LogP contribution in [0.4, 0.5) is 0 Å². The molecule has 3 aromatic carbocycles. The molecule has 182 valence electrons. The van der Waals surface area contributed by atoms with Crippen molar-refractivity contribution in [3.63, 3.8) is 0 Å². The van der Waals surface area contributed by atoms with Gasteiger partial charge in [0.1, 0.15) is 5.75 Å². The first-order valence-electron chi connectivity index (χ1n) is 11.7. The molecular weight excluding hydrogens is 458 g/mol. The van der Waals surface area contributed by atoms with Crippen molar-refractivity contribution in [2.24, 2.45) is 0 Å². The quantitative estimate of drug-likeness (QED) is 0.521. The van der Waals surface area contributed by atoms with Gasteiger partial charge in [-0.25, -0.2) is 0 Å². The predicted molar refractivity (Wildman–Crippen MR) is 132 cm³/mol. The van der Waals surface area contributed by atoms with Crippen LogP contribution >= 0.6 is 0 Å². The number of amides is 4. The van der Waals surface area contributed by atoms with Crippen LogP contribution in [0.3, 0.4) is 0 Å². The average molecular weight is 484 g/mol. The van der Waals surface area contributed by atoms with E-state index < -0.39 is 0 Å². The highest BCUT2D eigenvalue weighted by Gasteiger charge is 2.35. The summed E-state index contributed by atoms with van der Waals surface area (Å²) >= 11 is 0. The molecule has 2 heterocycles. The van der Waals surface area contributed by atoms with Crippen LogP contribution in [-0.2, 0) is 6.54 Å². The first-order valence-corrected chi connectivity index (χ1v) is 11.7. The molecule has 0 unspecified atom stereocenters. The molecule has 0 aromatic heterocycles. The lowest BCUT2D eigenvalue weighted by Gasteiger charge is -2.35. The van der Waals surface area contributed by atoms with Crippen LogP contribution in [0.1, 0.15) is 47.0 Å². The average Bonchev–Trinajstić information content (AvgIpc) is 3.17. The van der Waals surface area contributed by atoms with Crippen LogP contribution in [0.2, 0.25) is 0 Å². The molecule has 1 fully saturated rings. The SMILES string of the molecule is COc1cccc(C(=O)N2CCN(C(=O)c3cccc(CN4C(=O)c5ccccc5C4=O)c3)CC2)c1. The molecule has 0 N–H and O–H groups in total. The van der Waals surface area contributed by atoms with Crippen molar-refractivity contribution in [1.29, 1.82) is 0 Å². The second-order valence-electron chi connectivity index (χ2n) is 8.76. The second kappa shape index (κ2) is 9.65. The Morgan fingerprint density at radius 1 is 0.722 bits per heavy atom. The van der Waals surface area contributed by atoms with Crippen molar-refractivity contribution in [2.45, 2.75) is 6.54 Å². The van der Waals surface area contributed by atoms with Gasteiger partial charge in [-0.1, -0.05) is 30.3 Å². The van der Waals surface area contributed by atoms with Crippen molar-refractivity contribution in [3.8, 4) is 5.75 Å². The molecule has 3 aromatic rings. The van der Waals surface area contributed by atoms with E-state index in [0.29, 0.717) is 59.7 Å². The fourth-order valence-electron chi connectivity index (χ4n) is 4.60. The van der Waals surface area contributed by atoms with E-state index in [0.717, 1.165) is 0 Å². The van der Waals surface area contributed by atoms with E-state index in [1.807, 2.05) is 0 Å². The van der Waals surface area contributed by atoms with Crippen LogP contribution in [0, 0.1) is 0 Å². The number of hydrogen-bond acceptors (Lipinski definition) is 5. The van der Waals surface area contributed by atoms with E-state index in [-0.39, 0.29) is 30.2 Å². The summed E-state index contributed by atoms with van der Waals surface area (Å²) < 4.78 is 5.21. The minimum Gasteiger partial charge on any atom is -0.497 e. The first kappa shape index (κ1) is 23.3. The molecule has 8 heteroatoms. The lowest BCUT2D eigenvalue weighted by Crippen LogP contribution is -2.50. The molecular formula is C28H25N3O5. The van der Waals surface area contributed by atoms with Gasteiger partial charge in [0, 0.05) is 37.3 Å². The molecule has 0 bridgehead atoms. The van der Waals surface area contributed by atoms with Gasteiger partial charge >= 0.3 is 0 Å². The molecule has 0 saturated carbocycles. The predicted octanol–water partition coefficient (Wildman–Crippen LogP) is 3.09. The maximum Gasteiger partial charge on any atom is 0.261 e. The van der Waals surface area contributed by atoms with Crippen molar-refractivity contribution in [2.75, 3.05) is 33.3 Å². The highest BCUT2D eigenvalue weighted by Crippen LogP contribution is 2.25. The lowest BCUT2D eigenvalue weighted by molar-refractivity contribution is 0.0535. The third kappa shape index (κ3) is 4.33. The Hall–Kier alpha value is -4.46. The minimum absolute atomic E-state index is 0.0935. The number of hydrogen-bond donors (Lipinski definition) is 0. The topological polar surface area (TPSA) is 87.2 Å². The summed E-state index contributed by atoms with van der Waals surface area (Å²) in [4.78, 5) is 56.1. The number of methoxy groups -OCH3 is 1. The summed E-state index contributed by atoms with van der Waals surface area (Å²) in [5, 5.41) is 0. The van der Waals surface area contributed by atoms with E-state index >= 15 is 0 Å². The molecule has 2 aliphatic rings. The molecule has 8 nitrogen and oxygen atoms in total. The van der Waals surface area contributed by atoms with E-state index in [1.165, 1.54) is 4.90 Å². The maximum absolute atomic E-state index is 13.2. The summed E-state index contributed by atoms with van der Waals surface area (Å²) in [7, 11) is 1.56. The van der Waals surface area contributed by atoms with E-state index in [1.54, 1.807) is 89.7 Å². The molecule has 36 heavy (non-hydrogen) atoms. The minimum atomic E-state index is -0.329. The van der Waals surface area contributed by atoms with Crippen LogP contribution < -0.4 is 4.74 Å².